The molecule has 0 radical (unpaired) electrons. The van der Waals surface area contributed by atoms with Crippen LogP contribution in [0.3, 0.4) is 0 Å². The van der Waals surface area contributed by atoms with Gasteiger partial charge in [-0.25, -0.2) is 4.85 Å². The van der Waals surface area contributed by atoms with E-state index in [4.69, 9.17) is 17.0 Å². The number of rotatable bonds is 5. The zero-order valence-corrected chi connectivity index (χ0v) is 8.99. The quantitative estimate of drug-likeness (QED) is 0.453. The second kappa shape index (κ2) is 5.92. The van der Waals surface area contributed by atoms with Gasteiger partial charge in [0.05, 0.1) is 13.2 Å². The van der Waals surface area contributed by atoms with Crippen LogP contribution in [0.2, 0.25) is 0 Å². The Labute approximate surface area is 90.7 Å². The number of benzene rings is 1. The Morgan fingerprint density at radius 1 is 1.40 bits per heavy atom. The first kappa shape index (κ1) is 11.4. The van der Waals surface area contributed by atoms with Crippen molar-refractivity contribution < 1.29 is 4.74 Å². The minimum Gasteiger partial charge on any atom is -0.505 e. The van der Waals surface area contributed by atoms with E-state index >= 15 is 0 Å². The van der Waals surface area contributed by atoms with Crippen molar-refractivity contribution in [2.24, 2.45) is 0 Å². The SMILES string of the molecule is [C-]#[N+]c1ccc(N)cc1OCCCCC. The number of ether oxygens (including phenoxy) is 1. The van der Waals surface area contributed by atoms with E-state index in [2.05, 4.69) is 11.8 Å². The lowest BCUT2D eigenvalue weighted by molar-refractivity contribution is 0.308. The van der Waals surface area contributed by atoms with E-state index in [-0.39, 0.29) is 0 Å². The molecule has 0 atom stereocenters. The second-order valence-corrected chi connectivity index (χ2v) is 3.39. The number of nitrogens with zero attached hydrogens (tertiary/aromatic N) is 1. The minimum atomic E-state index is 0.528. The first-order valence-corrected chi connectivity index (χ1v) is 5.17. The van der Waals surface area contributed by atoms with Crippen LogP contribution in [0.25, 0.3) is 4.85 Å². The van der Waals surface area contributed by atoms with Crippen molar-refractivity contribution in [3.63, 3.8) is 0 Å². The second-order valence-electron chi connectivity index (χ2n) is 3.39. The Bertz CT molecular complexity index is 355. The summed E-state index contributed by atoms with van der Waals surface area (Å²) in [5.41, 5.74) is 6.79. The van der Waals surface area contributed by atoms with Gasteiger partial charge in [0, 0.05) is 5.69 Å². The molecular formula is C12H16N2O. The van der Waals surface area contributed by atoms with E-state index < -0.39 is 0 Å². The smallest absolute Gasteiger partial charge is 0.228 e. The summed E-state index contributed by atoms with van der Waals surface area (Å²) in [6.45, 7) is 9.77. The van der Waals surface area contributed by atoms with Gasteiger partial charge in [-0.3, -0.25) is 0 Å². The van der Waals surface area contributed by atoms with Gasteiger partial charge in [-0.15, -0.1) is 0 Å². The fourth-order valence-electron chi connectivity index (χ4n) is 1.27. The van der Waals surface area contributed by atoms with Crippen LogP contribution in [0.1, 0.15) is 26.2 Å². The van der Waals surface area contributed by atoms with E-state index in [9.17, 15) is 0 Å². The fourth-order valence-corrected chi connectivity index (χ4v) is 1.27. The van der Waals surface area contributed by atoms with Gasteiger partial charge in [0.15, 0.2) is 0 Å². The Kier molecular flexibility index (Phi) is 4.49. The van der Waals surface area contributed by atoms with Crippen LogP contribution in [0.15, 0.2) is 18.2 Å². The summed E-state index contributed by atoms with van der Waals surface area (Å²) in [6.07, 6.45) is 3.33. The molecule has 0 unspecified atom stereocenters. The van der Waals surface area contributed by atoms with Gasteiger partial charge in [-0.2, -0.15) is 0 Å². The average molecular weight is 204 g/mol. The molecule has 0 fully saturated rings. The highest BCUT2D eigenvalue weighted by Gasteiger charge is 2.03. The maximum Gasteiger partial charge on any atom is 0.228 e. The van der Waals surface area contributed by atoms with E-state index in [0.717, 1.165) is 19.3 Å². The predicted octanol–water partition coefficient (Wildman–Crippen LogP) is 3.39. The van der Waals surface area contributed by atoms with Crippen molar-refractivity contribution in [1.29, 1.82) is 0 Å². The van der Waals surface area contributed by atoms with Crippen LogP contribution in [-0.2, 0) is 0 Å². The molecule has 0 saturated carbocycles. The molecule has 1 aromatic rings. The maximum atomic E-state index is 6.98. The van der Waals surface area contributed by atoms with Gasteiger partial charge < -0.3 is 10.5 Å². The number of unbranched alkanes of at least 4 members (excludes halogenated alkanes) is 2. The molecule has 0 aliphatic heterocycles. The largest absolute Gasteiger partial charge is 0.505 e. The molecule has 0 amide bonds. The van der Waals surface area contributed by atoms with E-state index in [0.29, 0.717) is 23.7 Å². The summed E-state index contributed by atoms with van der Waals surface area (Å²) in [6, 6.07) is 5.11. The van der Waals surface area contributed by atoms with Gasteiger partial charge in [-0.1, -0.05) is 25.8 Å². The Balaban J connectivity index is 2.59. The third-order valence-electron chi connectivity index (χ3n) is 2.11. The maximum absolute atomic E-state index is 6.98. The first-order valence-electron chi connectivity index (χ1n) is 5.17. The number of nitrogens with two attached hydrogens (primary N) is 1. The topological polar surface area (TPSA) is 39.6 Å². The van der Waals surface area contributed by atoms with E-state index in [1.807, 2.05) is 0 Å². The molecular weight excluding hydrogens is 188 g/mol. The first-order chi connectivity index (χ1) is 7.27. The molecule has 0 aliphatic carbocycles. The Hall–Kier alpha value is -1.69. The number of hydrogen-bond donors (Lipinski definition) is 1. The summed E-state index contributed by atoms with van der Waals surface area (Å²) in [5, 5.41) is 0. The zero-order valence-electron chi connectivity index (χ0n) is 8.99. The lowest BCUT2D eigenvalue weighted by Crippen LogP contribution is -1.97. The lowest BCUT2D eigenvalue weighted by atomic mass is 10.2. The van der Waals surface area contributed by atoms with Crippen LogP contribution < -0.4 is 10.5 Å². The highest BCUT2D eigenvalue weighted by atomic mass is 16.5. The van der Waals surface area contributed by atoms with Crippen molar-refractivity contribution in [3.8, 4) is 5.75 Å². The molecule has 2 N–H and O–H groups in total. The summed E-state index contributed by atoms with van der Waals surface area (Å²) in [4.78, 5) is 3.38. The van der Waals surface area contributed by atoms with Crippen LogP contribution in [0.4, 0.5) is 11.4 Å². The van der Waals surface area contributed by atoms with E-state index in [1.54, 1.807) is 18.2 Å². The van der Waals surface area contributed by atoms with Crippen molar-refractivity contribution in [3.05, 3.63) is 29.6 Å². The van der Waals surface area contributed by atoms with Crippen molar-refractivity contribution in [2.75, 3.05) is 12.3 Å². The summed E-state index contributed by atoms with van der Waals surface area (Å²) < 4.78 is 5.52. The number of hydrogen-bond acceptors (Lipinski definition) is 2. The summed E-state index contributed by atoms with van der Waals surface area (Å²) in [5.74, 6) is 0.598. The van der Waals surface area contributed by atoms with E-state index in [1.165, 1.54) is 0 Å². The van der Waals surface area contributed by atoms with Crippen molar-refractivity contribution >= 4 is 11.4 Å². The Morgan fingerprint density at radius 3 is 2.87 bits per heavy atom. The molecule has 0 aliphatic rings. The third kappa shape index (κ3) is 3.51. The standard InChI is InChI=1S/C12H16N2O/c1-3-4-5-8-15-12-9-10(13)6-7-11(12)14-2/h6-7,9H,3-5,8,13H2,1H3. The molecule has 0 spiro atoms. The number of anilines is 1. The highest BCUT2D eigenvalue weighted by molar-refractivity contribution is 5.63. The van der Waals surface area contributed by atoms with Crippen LogP contribution >= 0.6 is 0 Å². The monoisotopic (exact) mass is 204 g/mol. The van der Waals surface area contributed by atoms with Crippen molar-refractivity contribution in [1.82, 2.24) is 0 Å². The molecule has 0 heterocycles. The minimum absolute atomic E-state index is 0.528. The molecule has 3 heteroatoms. The zero-order chi connectivity index (χ0) is 11.1. The summed E-state index contributed by atoms with van der Waals surface area (Å²) in [7, 11) is 0. The molecule has 0 aromatic heterocycles. The van der Waals surface area contributed by atoms with Crippen LogP contribution in [0, 0.1) is 6.57 Å². The van der Waals surface area contributed by atoms with Gasteiger partial charge in [-0.05, 0) is 18.6 Å². The molecule has 0 saturated heterocycles. The fraction of sp³-hybridized carbons (Fsp3) is 0.417. The normalized spacial score (nSPS) is 9.60. The molecule has 15 heavy (non-hydrogen) atoms. The van der Waals surface area contributed by atoms with Crippen molar-refractivity contribution in [2.45, 2.75) is 26.2 Å². The molecule has 1 aromatic carbocycles. The van der Waals surface area contributed by atoms with Crippen LogP contribution in [-0.4, -0.2) is 6.61 Å². The van der Waals surface area contributed by atoms with Gasteiger partial charge in [0.2, 0.25) is 5.69 Å². The van der Waals surface area contributed by atoms with Gasteiger partial charge in [0.1, 0.15) is 5.75 Å². The van der Waals surface area contributed by atoms with Gasteiger partial charge in [0.25, 0.3) is 0 Å². The molecule has 3 nitrogen and oxygen atoms in total. The highest BCUT2D eigenvalue weighted by Crippen LogP contribution is 2.29. The predicted molar refractivity (Wildman–Crippen MR) is 62.1 cm³/mol. The average Bonchev–Trinajstić information content (AvgIpc) is 2.25. The Morgan fingerprint density at radius 2 is 2.20 bits per heavy atom. The molecule has 0 bridgehead atoms. The molecule has 1 rings (SSSR count). The summed E-state index contributed by atoms with van der Waals surface area (Å²) >= 11 is 0. The number of nitrogen functional groups attached to an aromatic ring is 1. The molecule has 80 valence electrons. The van der Waals surface area contributed by atoms with Gasteiger partial charge >= 0.3 is 0 Å². The van der Waals surface area contributed by atoms with Crippen LogP contribution in [0.5, 0.6) is 5.75 Å². The lowest BCUT2D eigenvalue weighted by Gasteiger charge is -2.08. The third-order valence-corrected chi connectivity index (χ3v) is 2.11.